The van der Waals surface area contributed by atoms with Crippen LogP contribution >= 0.6 is 11.3 Å². The summed E-state index contributed by atoms with van der Waals surface area (Å²) < 4.78 is 71.4. The van der Waals surface area contributed by atoms with E-state index in [1.807, 2.05) is 12.1 Å². The minimum atomic E-state index is -3.86. The summed E-state index contributed by atoms with van der Waals surface area (Å²) >= 11 is 1.10. The second kappa shape index (κ2) is 13.1. The van der Waals surface area contributed by atoms with Gasteiger partial charge in [0.1, 0.15) is 9.96 Å². The lowest BCUT2D eigenvalue weighted by Gasteiger charge is -2.35. The van der Waals surface area contributed by atoms with Crippen molar-refractivity contribution >= 4 is 48.9 Å². The third-order valence-electron chi connectivity index (χ3n) is 7.20. The molecule has 12 nitrogen and oxygen atoms in total. The number of nitrogens with zero attached hydrogens (tertiary/aromatic N) is 2. The molecule has 1 aromatic heterocycles. The van der Waals surface area contributed by atoms with E-state index in [0.717, 1.165) is 16.9 Å². The number of amides is 1. The molecule has 2 aliphatic rings. The molecule has 1 unspecified atom stereocenters. The average molecular weight is 650 g/mol. The van der Waals surface area contributed by atoms with Crippen LogP contribution in [0.2, 0.25) is 0 Å². The van der Waals surface area contributed by atoms with E-state index in [9.17, 15) is 26.4 Å². The summed E-state index contributed by atoms with van der Waals surface area (Å²) in [5, 5.41) is 4.25. The SMILES string of the molecule is COc1cc(S(=O)(=O)N2CCOCC2)ccc1NC(=O)COC(=O)CC1c2ccccc2CCN1S(=O)(=O)c1cccs1. The van der Waals surface area contributed by atoms with E-state index < -0.39 is 44.6 Å². The minimum absolute atomic E-state index is 0.00509. The molecule has 2 aliphatic heterocycles. The predicted octanol–water partition coefficient (Wildman–Crippen LogP) is 2.64. The number of hydrogen-bond acceptors (Lipinski definition) is 10. The molecule has 0 aliphatic carbocycles. The highest BCUT2D eigenvalue weighted by Crippen LogP contribution is 2.37. The summed E-state index contributed by atoms with van der Waals surface area (Å²) in [6.45, 7) is 0.643. The number of nitrogens with one attached hydrogen (secondary N) is 1. The van der Waals surface area contributed by atoms with E-state index in [-0.39, 0.29) is 46.6 Å². The maximum absolute atomic E-state index is 13.4. The molecule has 43 heavy (non-hydrogen) atoms. The fraction of sp³-hybridized carbons (Fsp3) is 0.357. The van der Waals surface area contributed by atoms with Gasteiger partial charge >= 0.3 is 5.97 Å². The van der Waals surface area contributed by atoms with Gasteiger partial charge in [0.15, 0.2) is 6.61 Å². The molecule has 1 N–H and O–H groups in total. The van der Waals surface area contributed by atoms with Gasteiger partial charge in [-0.2, -0.15) is 8.61 Å². The molecule has 5 rings (SSSR count). The van der Waals surface area contributed by atoms with Gasteiger partial charge < -0.3 is 19.5 Å². The Kier molecular flexibility index (Phi) is 9.48. The van der Waals surface area contributed by atoms with Gasteiger partial charge in [0.25, 0.3) is 15.9 Å². The molecule has 0 saturated carbocycles. The number of anilines is 1. The third-order valence-corrected chi connectivity index (χ3v) is 12.4. The number of ether oxygens (including phenoxy) is 3. The Morgan fingerprint density at radius 2 is 1.77 bits per heavy atom. The van der Waals surface area contributed by atoms with Crippen molar-refractivity contribution in [3.05, 3.63) is 71.1 Å². The normalized spacial score (nSPS) is 18.0. The van der Waals surface area contributed by atoms with Crippen LogP contribution in [0.5, 0.6) is 5.75 Å². The van der Waals surface area contributed by atoms with E-state index in [2.05, 4.69) is 5.32 Å². The van der Waals surface area contributed by atoms with Crippen LogP contribution in [0.4, 0.5) is 5.69 Å². The molecule has 1 atom stereocenters. The van der Waals surface area contributed by atoms with Crippen molar-refractivity contribution in [2.24, 2.45) is 0 Å². The highest BCUT2D eigenvalue weighted by Gasteiger charge is 2.38. The fourth-order valence-electron chi connectivity index (χ4n) is 5.07. The van der Waals surface area contributed by atoms with Gasteiger partial charge in [0, 0.05) is 25.7 Å². The molecule has 230 valence electrons. The van der Waals surface area contributed by atoms with Gasteiger partial charge in [0.2, 0.25) is 10.0 Å². The standard InChI is InChI=1S/C28H31N3O9S3/c1-38-25-17-21(42(34,35)30-12-14-39-15-13-30)8-9-23(25)29-26(32)19-40-27(33)18-24-22-6-3-2-5-20(22)10-11-31(24)43(36,37)28-7-4-16-41-28/h2-9,16-17,24H,10-15,18-19H2,1H3,(H,29,32). The fourth-order valence-corrected chi connectivity index (χ4v) is 9.22. The van der Waals surface area contributed by atoms with E-state index in [0.29, 0.717) is 25.2 Å². The number of benzene rings is 2. The Labute approximate surface area is 254 Å². The quantitative estimate of drug-likeness (QED) is 0.327. The first-order valence-corrected chi connectivity index (χ1v) is 17.2. The Morgan fingerprint density at radius 1 is 1.00 bits per heavy atom. The molecule has 1 amide bonds. The summed E-state index contributed by atoms with van der Waals surface area (Å²) in [7, 11) is -6.30. The highest BCUT2D eigenvalue weighted by atomic mass is 32.2. The smallest absolute Gasteiger partial charge is 0.308 e. The van der Waals surface area contributed by atoms with Crippen LogP contribution in [0.25, 0.3) is 0 Å². The maximum atomic E-state index is 13.4. The molecule has 15 heteroatoms. The van der Waals surface area contributed by atoms with Crippen LogP contribution in [0, 0.1) is 0 Å². The van der Waals surface area contributed by atoms with Crippen LogP contribution in [-0.4, -0.2) is 83.9 Å². The Bertz CT molecular complexity index is 1690. The van der Waals surface area contributed by atoms with Gasteiger partial charge in [0.05, 0.1) is 43.4 Å². The molecule has 1 saturated heterocycles. The van der Waals surface area contributed by atoms with Crippen molar-refractivity contribution in [2.75, 3.05) is 51.9 Å². The zero-order valence-corrected chi connectivity index (χ0v) is 25.8. The zero-order chi connectivity index (χ0) is 30.6. The number of morpholine rings is 1. The molecule has 0 spiro atoms. The first kappa shape index (κ1) is 31.1. The summed E-state index contributed by atoms with van der Waals surface area (Å²) in [4.78, 5) is 25.6. The second-order valence-electron chi connectivity index (χ2n) is 9.80. The number of rotatable bonds is 10. The Morgan fingerprint density at radius 3 is 2.49 bits per heavy atom. The number of fused-ring (bicyclic) bond motifs is 1. The van der Waals surface area contributed by atoms with Crippen molar-refractivity contribution in [1.29, 1.82) is 0 Å². The van der Waals surface area contributed by atoms with Crippen LogP contribution in [0.1, 0.15) is 23.6 Å². The lowest BCUT2D eigenvalue weighted by molar-refractivity contribution is -0.148. The van der Waals surface area contributed by atoms with Crippen LogP contribution in [-0.2, 0) is 45.5 Å². The van der Waals surface area contributed by atoms with Crippen LogP contribution in [0.3, 0.4) is 0 Å². The van der Waals surface area contributed by atoms with Gasteiger partial charge in [-0.15, -0.1) is 11.3 Å². The monoisotopic (exact) mass is 649 g/mol. The number of esters is 1. The van der Waals surface area contributed by atoms with Gasteiger partial charge in [-0.05, 0) is 41.1 Å². The lowest BCUT2D eigenvalue weighted by atomic mass is 9.92. The van der Waals surface area contributed by atoms with Crippen molar-refractivity contribution in [1.82, 2.24) is 8.61 Å². The predicted molar refractivity (Wildman–Crippen MR) is 158 cm³/mol. The molecule has 0 bridgehead atoms. The van der Waals surface area contributed by atoms with E-state index in [1.54, 1.807) is 23.6 Å². The molecule has 1 fully saturated rings. The van der Waals surface area contributed by atoms with Crippen molar-refractivity contribution in [3.63, 3.8) is 0 Å². The van der Waals surface area contributed by atoms with Gasteiger partial charge in [-0.25, -0.2) is 16.8 Å². The third kappa shape index (κ3) is 6.76. The Hall–Kier alpha value is -3.34. The largest absolute Gasteiger partial charge is 0.495 e. The van der Waals surface area contributed by atoms with Crippen molar-refractivity contribution in [2.45, 2.75) is 28.0 Å². The summed E-state index contributed by atoms with van der Waals surface area (Å²) in [5.74, 6) is -1.31. The number of carbonyl (C=O) groups is 2. The van der Waals surface area contributed by atoms with Crippen molar-refractivity contribution < 1.29 is 40.6 Å². The number of thiophene rings is 1. The number of sulfonamides is 2. The maximum Gasteiger partial charge on any atom is 0.308 e. The lowest BCUT2D eigenvalue weighted by Crippen LogP contribution is -2.41. The summed E-state index contributed by atoms with van der Waals surface area (Å²) in [5.41, 5.74) is 1.85. The molecule has 3 aromatic rings. The average Bonchev–Trinajstić information content (AvgIpc) is 3.57. The molecule has 3 heterocycles. The first-order chi connectivity index (χ1) is 20.6. The zero-order valence-electron chi connectivity index (χ0n) is 23.3. The number of methoxy groups -OCH3 is 1. The van der Waals surface area contributed by atoms with Gasteiger partial charge in [-0.1, -0.05) is 30.3 Å². The number of carbonyl (C=O) groups excluding carboxylic acids is 2. The molecule has 2 aromatic carbocycles. The summed E-state index contributed by atoms with van der Waals surface area (Å²) in [6.07, 6.45) is 0.218. The summed E-state index contributed by atoms with van der Waals surface area (Å²) in [6, 6.07) is 13.8. The minimum Gasteiger partial charge on any atom is -0.495 e. The van der Waals surface area contributed by atoms with Crippen molar-refractivity contribution in [3.8, 4) is 5.75 Å². The highest BCUT2D eigenvalue weighted by molar-refractivity contribution is 7.91. The number of hydrogen-bond donors (Lipinski definition) is 1. The van der Waals surface area contributed by atoms with E-state index in [4.69, 9.17) is 14.2 Å². The first-order valence-electron chi connectivity index (χ1n) is 13.5. The molecule has 0 radical (unpaired) electrons. The topological polar surface area (TPSA) is 149 Å². The van der Waals surface area contributed by atoms with Crippen LogP contribution in [0.15, 0.2) is 69.1 Å². The van der Waals surface area contributed by atoms with Gasteiger partial charge in [-0.3, -0.25) is 9.59 Å². The second-order valence-corrected chi connectivity index (χ2v) is 14.8. The van der Waals surface area contributed by atoms with Crippen LogP contribution < -0.4 is 10.1 Å². The van der Waals surface area contributed by atoms with E-state index >= 15 is 0 Å². The van der Waals surface area contributed by atoms with E-state index in [1.165, 1.54) is 40.0 Å². The molecular weight excluding hydrogens is 619 g/mol. The molecular formula is C28H31N3O9S3. The Balaban J connectivity index is 1.25.